The van der Waals surface area contributed by atoms with Gasteiger partial charge in [0.2, 0.25) is 5.91 Å². The summed E-state index contributed by atoms with van der Waals surface area (Å²) in [5, 5.41) is 4.88. The molecule has 38 heavy (non-hydrogen) atoms. The summed E-state index contributed by atoms with van der Waals surface area (Å²) in [5.41, 5.74) is 5.50. The Hall–Kier alpha value is -3.16. The number of carbonyl (C=O) groups excluding carboxylic acids is 1. The van der Waals surface area contributed by atoms with Gasteiger partial charge >= 0.3 is 0 Å². The van der Waals surface area contributed by atoms with Crippen LogP contribution in [0, 0.1) is 0 Å². The molecular formula is C31H34BrN5O. The van der Waals surface area contributed by atoms with Crippen LogP contribution in [-0.4, -0.2) is 58.5 Å². The summed E-state index contributed by atoms with van der Waals surface area (Å²) in [6.45, 7) is 7.43. The minimum Gasteiger partial charge on any atom is -0.367 e. The molecule has 2 N–H and O–H groups in total. The maximum atomic E-state index is 14.1. The molecule has 0 spiro atoms. The summed E-state index contributed by atoms with van der Waals surface area (Å²) < 4.78 is 1.03. The van der Waals surface area contributed by atoms with Crippen molar-refractivity contribution in [2.75, 3.05) is 31.1 Å². The fourth-order valence-corrected chi connectivity index (χ4v) is 6.40. The van der Waals surface area contributed by atoms with E-state index >= 15 is 0 Å². The number of carbonyl (C=O) groups is 1. The maximum absolute atomic E-state index is 14.1. The van der Waals surface area contributed by atoms with Gasteiger partial charge in [0.05, 0.1) is 11.6 Å². The third kappa shape index (κ3) is 4.85. The van der Waals surface area contributed by atoms with E-state index in [0.29, 0.717) is 13.1 Å². The zero-order valence-electron chi connectivity index (χ0n) is 22.0. The summed E-state index contributed by atoms with van der Waals surface area (Å²) in [6.07, 6.45) is 6.00. The van der Waals surface area contributed by atoms with E-state index in [0.717, 1.165) is 58.1 Å². The summed E-state index contributed by atoms with van der Waals surface area (Å²) in [7, 11) is 0. The van der Waals surface area contributed by atoms with Gasteiger partial charge in [-0.15, -0.1) is 0 Å². The monoisotopic (exact) mass is 571 g/mol. The van der Waals surface area contributed by atoms with Gasteiger partial charge in [-0.2, -0.15) is 0 Å². The van der Waals surface area contributed by atoms with Crippen molar-refractivity contribution in [3.63, 3.8) is 0 Å². The van der Waals surface area contributed by atoms with Crippen molar-refractivity contribution in [3.05, 3.63) is 83.1 Å². The number of pyridine rings is 1. The highest BCUT2D eigenvalue weighted by atomic mass is 79.9. The van der Waals surface area contributed by atoms with Crippen LogP contribution >= 0.6 is 15.9 Å². The lowest BCUT2D eigenvalue weighted by molar-refractivity contribution is -0.133. The van der Waals surface area contributed by atoms with Gasteiger partial charge in [0.25, 0.3) is 0 Å². The fraction of sp³-hybridized carbons (Fsp3) is 0.355. The molecule has 0 unspecified atom stereocenters. The van der Waals surface area contributed by atoms with Crippen molar-refractivity contribution in [1.82, 2.24) is 20.2 Å². The number of benzene rings is 2. The van der Waals surface area contributed by atoms with Crippen molar-refractivity contribution in [1.29, 1.82) is 0 Å². The highest BCUT2D eigenvalue weighted by molar-refractivity contribution is 9.10. The van der Waals surface area contributed by atoms with E-state index in [-0.39, 0.29) is 23.4 Å². The second-order valence-corrected chi connectivity index (χ2v) is 12.1. The summed E-state index contributed by atoms with van der Waals surface area (Å²) >= 11 is 3.55. The molecule has 6 rings (SSSR count). The van der Waals surface area contributed by atoms with Crippen LogP contribution in [0.15, 0.2) is 77.5 Å². The normalized spacial score (nSPS) is 20.1. The SMILES string of the molecule is CC1(C)CC[C@@H]([C@@H](C(=O)N2CCN(c3c(-c4ccccc4)cnc4[nH]ccc34)CC2)c2ccc(Br)cc2)N1. The number of halogens is 1. The number of piperazine rings is 1. The molecular weight excluding hydrogens is 538 g/mol. The Morgan fingerprint density at radius 2 is 1.76 bits per heavy atom. The number of aromatic nitrogens is 2. The first-order valence-corrected chi connectivity index (χ1v) is 14.3. The van der Waals surface area contributed by atoms with Crippen molar-refractivity contribution < 1.29 is 4.79 Å². The lowest BCUT2D eigenvalue weighted by Gasteiger charge is -2.39. The molecule has 2 aromatic carbocycles. The second kappa shape index (κ2) is 10.2. The van der Waals surface area contributed by atoms with E-state index in [9.17, 15) is 4.79 Å². The van der Waals surface area contributed by atoms with Gasteiger partial charge in [-0.3, -0.25) is 4.79 Å². The summed E-state index contributed by atoms with van der Waals surface area (Å²) in [6, 6.07) is 21.0. The number of H-pyrrole nitrogens is 1. The highest BCUT2D eigenvalue weighted by Gasteiger charge is 2.40. The first kappa shape index (κ1) is 25.1. The van der Waals surface area contributed by atoms with Crippen LogP contribution in [-0.2, 0) is 4.79 Å². The Labute approximate surface area is 232 Å². The lowest BCUT2D eigenvalue weighted by Crippen LogP contribution is -2.53. The molecule has 196 valence electrons. The molecule has 2 fully saturated rings. The molecule has 1 amide bonds. The van der Waals surface area contributed by atoms with Crippen molar-refractivity contribution in [2.45, 2.75) is 44.2 Å². The average Bonchev–Trinajstić information content (AvgIpc) is 3.56. The van der Waals surface area contributed by atoms with Crippen LogP contribution in [0.4, 0.5) is 5.69 Å². The van der Waals surface area contributed by atoms with Gasteiger partial charge in [0, 0.05) is 65.6 Å². The molecule has 2 aliphatic heterocycles. The van der Waals surface area contributed by atoms with Gasteiger partial charge in [0.1, 0.15) is 5.65 Å². The van der Waals surface area contributed by atoms with Gasteiger partial charge in [-0.1, -0.05) is 58.4 Å². The van der Waals surface area contributed by atoms with Gasteiger partial charge in [-0.05, 0) is 56.0 Å². The van der Waals surface area contributed by atoms with Crippen molar-refractivity contribution in [2.24, 2.45) is 0 Å². The highest BCUT2D eigenvalue weighted by Crippen LogP contribution is 2.38. The molecule has 0 aliphatic carbocycles. The number of anilines is 1. The van der Waals surface area contributed by atoms with E-state index in [1.807, 2.05) is 30.6 Å². The summed E-state index contributed by atoms with van der Waals surface area (Å²) in [5.74, 6) is 0.0422. The predicted octanol–water partition coefficient (Wildman–Crippen LogP) is 5.96. The molecule has 2 saturated heterocycles. The van der Waals surface area contributed by atoms with E-state index in [1.165, 1.54) is 5.69 Å². The average molecular weight is 573 g/mol. The first-order chi connectivity index (χ1) is 18.4. The van der Waals surface area contributed by atoms with Gasteiger partial charge < -0.3 is 20.1 Å². The molecule has 2 aromatic heterocycles. The molecule has 4 heterocycles. The second-order valence-electron chi connectivity index (χ2n) is 11.1. The quantitative estimate of drug-likeness (QED) is 0.310. The zero-order chi connectivity index (χ0) is 26.3. The molecule has 6 nitrogen and oxygen atoms in total. The van der Waals surface area contributed by atoms with E-state index in [2.05, 4.69) is 97.3 Å². The number of hydrogen-bond donors (Lipinski definition) is 2. The van der Waals surface area contributed by atoms with Crippen molar-refractivity contribution in [3.8, 4) is 11.1 Å². The number of nitrogens with one attached hydrogen (secondary N) is 2. The van der Waals surface area contributed by atoms with Crippen molar-refractivity contribution >= 4 is 38.6 Å². The van der Waals surface area contributed by atoms with Crippen LogP contribution in [0.5, 0.6) is 0 Å². The van der Waals surface area contributed by atoms with Gasteiger partial charge in [0.15, 0.2) is 0 Å². The number of fused-ring (bicyclic) bond motifs is 1. The maximum Gasteiger partial charge on any atom is 0.231 e. The van der Waals surface area contributed by atoms with E-state index in [1.54, 1.807) is 0 Å². The topological polar surface area (TPSA) is 64.3 Å². The largest absolute Gasteiger partial charge is 0.367 e. The number of rotatable bonds is 5. The molecule has 0 radical (unpaired) electrons. The minimum atomic E-state index is -0.186. The first-order valence-electron chi connectivity index (χ1n) is 13.5. The van der Waals surface area contributed by atoms with Crippen LogP contribution in [0.25, 0.3) is 22.2 Å². The van der Waals surface area contributed by atoms with E-state index < -0.39 is 0 Å². The molecule has 7 heteroatoms. The number of hydrogen-bond acceptors (Lipinski definition) is 4. The molecule has 0 bridgehead atoms. The molecule has 4 aromatic rings. The zero-order valence-corrected chi connectivity index (χ0v) is 23.5. The molecule has 2 atom stereocenters. The Balaban J connectivity index is 1.26. The number of nitrogens with zero attached hydrogens (tertiary/aromatic N) is 3. The Bertz CT molecular complexity index is 1420. The lowest BCUT2D eigenvalue weighted by atomic mass is 9.88. The molecule has 2 aliphatic rings. The Kier molecular flexibility index (Phi) is 6.74. The van der Waals surface area contributed by atoms with E-state index in [4.69, 9.17) is 0 Å². The van der Waals surface area contributed by atoms with Crippen LogP contribution in [0.1, 0.15) is 38.2 Å². The Morgan fingerprint density at radius 1 is 1.03 bits per heavy atom. The third-order valence-electron chi connectivity index (χ3n) is 8.10. The standard InChI is InChI=1S/C31H34BrN5O/c1-31(2)14-12-26(35-31)27(22-8-10-23(32)11-9-22)30(38)37-18-16-36(17-19-37)28-24-13-15-33-29(24)34-20-25(28)21-6-4-3-5-7-21/h3-11,13,15,20,26-27,35H,12,14,16-19H2,1-2H3,(H,33,34)/t26-,27-/m0/s1. The summed E-state index contributed by atoms with van der Waals surface area (Å²) in [4.78, 5) is 26.6. The molecule has 0 saturated carbocycles. The van der Waals surface area contributed by atoms with Crippen LogP contribution < -0.4 is 10.2 Å². The fourth-order valence-electron chi connectivity index (χ4n) is 6.14. The van der Waals surface area contributed by atoms with Gasteiger partial charge in [-0.25, -0.2) is 4.98 Å². The number of amides is 1. The Morgan fingerprint density at radius 3 is 2.45 bits per heavy atom. The predicted molar refractivity (Wildman–Crippen MR) is 157 cm³/mol. The minimum absolute atomic E-state index is 0.0500. The number of aromatic amines is 1. The third-order valence-corrected chi connectivity index (χ3v) is 8.63. The van der Waals surface area contributed by atoms with Crippen LogP contribution in [0.2, 0.25) is 0 Å². The smallest absolute Gasteiger partial charge is 0.231 e. The van der Waals surface area contributed by atoms with Crippen LogP contribution in [0.3, 0.4) is 0 Å².